The first kappa shape index (κ1) is 11.5. The van der Waals surface area contributed by atoms with E-state index in [0.29, 0.717) is 6.61 Å². The first-order valence-corrected chi connectivity index (χ1v) is 6.82. The monoisotopic (exact) mass is 300 g/mol. The second kappa shape index (κ2) is 4.62. The van der Waals surface area contributed by atoms with Crippen LogP contribution in [0.5, 0.6) is 5.75 Å². The van der Waals surface area contributed by atoms with Crippen LogP contribution in [0.2, 0.25) is 0 Å². The van der Waals surface area contributed by atoms with Gasteiger partial charge >= 0.3 is 0 Å². The highest BCUT2D eigenvalue weighted by molar-refractivity contribution is 9.10. The standard InChI is InChI=1S/C16H13BrO/c1-2-18-16-14-6-4-3-5-11(14)9-12-7-8-13(17)10-15(12)16/h3-10H,2H2,1H3. The third-order valence-electron chi connectivity index (χ3n) is 3.07. The normalized spacial score (nSPS) is 11.0. The summed E-state index contributed by atoms with van der Waals surface area (Å²) in [5.74, 6) is 0.979. The number of rotatable bonds is 2. The van der Waals surface area contributed by atoms with Crippen LogP contribution in [-0.2, 0) is 0 Å². The van der Waals surface area contributed by atoms with E-state index in [2.05, 4.69) is 64.5 Å². The SMILES string of the molecule is CCOc1c2ccccc2cc2ccc(Br)cc12. The minimum atomic E-state index is 0.676. The first-order valence-electron chi connectivity index (χ1n) is 6.03. The molecule has 0 unspecified atom stereocenters. The van der Waals surface area contributed by atoms with Crippen molar-refractivity contribution in [2.75, 3.05) is 6.61 Å². The van der Waals surface area contributed by atoms with Crippen molar-refractivity contribution in [2.45, 2.75) is 6.92 Å². The molecule has 0 atom stereocenters. The summed E-state index contributed by atoms with van der Waals surface area (Å²) in [6, 6.07) is 16.9. The molecule has 0 aliphatic heterocycles. The van der Waals surface area contributed by atoms with Gasteiger partial charge in [0.2, 0.25) is 0 Å². The number of hydrogen-bond acceptors (Lipinski definition) is 1. The molecule has 0 heterocycles. The quantitative estimate of drug-likeness (QED) is 0.594. The lowest BCUT2D eigenvalue weighted by Crippen LogP contribution is -1.94. The second-order valence-corrected chi connectivity index (χ2v) is 5.14. The van der Waals surface area contributed by atoms with Gasteiger partial charge in [-0.1, -0.05) is 46.3 Å². The average molecular weight is 301 g/mol. The number of ether oxygens (including phenoxy) is 1. The highest BCUT2D eigenvalue weighted by Gasteiger charge is 2.08. The minimum Gasteiger partial charge on any atom is -0.493 e. The molecule has 0 fully saturated rings. The van der Waals surface area contributed by atoms with Crippen LogP contribution in [0.4, 0.5) is 0 Å². The fourth-order valence-electron chi connectivity index (χ4n) is 2.29. The molecule has 0 aromatic heterocycles. The molecule has 3 rings (SSSR count). The van der Waals surface area contributed by atoms with E-state index in [0.717, 1.165) is 15.6 Å². The van der Waals surface area contributed by atoms with Gasteiger partial charge in [0, 0.05) is 15.2 Å². The first-order chi connectivity index (χ1) is 8.79. The zero-order chi connectivity index (χ0) is 12.5. The molecule has 0 amide bonds. The number of halogens is 1. The second-order valence-electron chi connectivity index (χ2n) is 4.23. The van der Waals surface area contributed by atoms with Crippen molar-refractivity contribution >= 4 is 37.5 Å². The van der Waals surface area contributed by atoms with Crippen molar-refractivity contribution in [1.82, 2.24) is 0 Å². The third-order valence-corrected chi connectivity index (χ3v) is 3.56. The Bertz CT molecular complexity index is 719. The van der Waals surface area contributed by atoms with E-state index in [9.17, 15) is 0 Å². The highest BCUT2D eigenvalue weighted by atomic mass is 79.9. The maximum atomic E-state index is 5.87. The molecule has 0 saturated heterocycles. The van der Waals surface area contributed by atoms with Crippen molar-refractivity contribution in [3.05, 3.63) is 53.0 Å². The molecule has 0 spiro atoms. The molecular formula is C16H13BrO. The van der Waals surface area contributed by atoms with Crippen LogP contribution in [-0.4, -0.2) is 6.61 Å². The van der Waals surface area contributed by atoms with Gasteiger partial charge in [0.1, 0.15) is 5.75 Å². The van der Waals surface area contributed by atoms with Gasteiger partial charge in [-0.2, -0.15) is 0 Å². The molecule has 3 aromatic carbocycles. The topological polar surface area (TPSA) is 9.23 Å². The Kier molecular flexibility index (Phi) is 2.96. The van der Waals surface area contributed by atoms with Gasteiger partial charge in [0.25, 0.3) is 0 Å². The molecule has 3 aromatic rings. The maximum absolute atomic E-state index is 5.87. The van der Waals surface area contributed by atoms with Crippen LogP contribution in [0.1, 0.15) is 6.92 Å². The van der Waals surface area contributed by atoms with Crippen LogP contribution in [0.3, 0.4) is 0 Å². The summed E-state index contributed by atoms with van der Waals surface area (Å²) in [6.45, 7) is 2.70. The number of benzene rings is 3. The zero-order valence-electron chi connectivity index (χ0n) is 10.1. The van der Waals surface area contributed by atoms with Gasteiger partial charge in [0.05, 0.1) is 6.61 Å². The molecule has 90 valence electrons. The van der Waals surface area contributed by atoms with Crippen molar-refractivity contribution < 1.29 is 4.74 Å². The summed E-state index contributed by atoms with van der Waals surface area (Å²) < 4.78 is 6.94. The summed E-state index contributed by atoms with van der Waals surface area (Å²) in [5, 5.41) is 4.76. The summed E-state index contributed by atoms with van der Waals surface area (Å²) >= 11 is 3.53. The van der Waals surface area contributed by atoms with Crippen LogP contribution < -0.4 is 4.74 Å². The van der Waals surface area contributed by atoms with E-state index in [1.54, 1.807) is 0 Å². The van der Waals surface area contributed by atoms with E-state index in [4.69, 9.17) is 4.74 Å². The van der Waals surface area contributed by atoms with Gasteiger partial charge in [-0.3, -0.25) is 0 Å². The van der Waals surface area contributed by atoms with E-state index in [-0.39, 0.29) is 0 Å². The van der Waals surface area contributed by atoms with Crippen molar-refractivity contribution in [3.8, 4) is 5.75 Å². The largest absolute Gasteiger partial charge is 0.493 e. The molecular weight excluding hydrogens is 288 g/mol. The summed E-state index contributed by atoms with van der Waals surface area (Å²) in [5.41, 5.74) is 0. The zero-order valence-corrected chi connectivity index (χ0v) is 11.7. The van der Waals surface area contributed by atoms with Crippen molar-refractivity contribution in [2.24, 2.45) is 0 Å². The summed E-state index contributed by atoms with van der Waals surface area (Å²) in [4.78, 5) is 0. The Morgan fingerprint density at radius 1 is 0.944 bits per heavy atom. The Labute approximate surface area is 115 Å². The van der Waals surface area contributed by atoms with E-state index in [1.165, 1.54) is 16.2 Å². The van der Waals surface area contributed by atoms with Gasteiger partial charge in [-0.25, -0.2) is 0 Å². The van der Waals surface area contributed by atoms with E-state index >= 15 is 0 Å². The van der Waals surface area contributed by atoms with Crippen LogP contribution in [0.15, 0.2) is 53.0 Å². The summed E-state index contributed by atoms with van der Waals surface area (Å²) in [6.07, 6.45) is 0. The lowest BCUT2D eigenvalue weighted by atomic mass is 10.0. The molecule has 0 radical (unpaired) electrons. The summed E-state index contributed by atoms with van der Waals surface area (Å²) in [7, 11) is 0. The fourth-order valence-corrected chi connectivity index (χ4v) is 2.65. The fraction of sp³-hybridized carbons (Fsp3) is 0.125. The Morgan fingerprint density at radius 2 is 1.72 bits per heavy atom. The molecule has 18 heavy (non-hydrogen) atoms. The Hall–Kier alpha value is -1.54. The molecule has 1 nitrogen and oxygen atoms in total. The minimum absolute atomic E-state index is 0.676. The lowest BCUT2D eigenvalue weighted by Gasteiger charge is -2.12. The third kappa shape index (κ3) is 1.87. The molecule has 0 aliphatic rings. The van der Waals surface area contributed by atoms with E-state index in [1.807, 2.05) is 6.92 Å². The predicted octanol–water partition coefficient (Wildman–Crippen LogP) is 5.15. The lowest BCUT2D eigenvalue weighted by molar-refractivity contribution is 0.348. The molecule has 2 heteroatoms. The average Bonchev–Trinajstić information content (AvgIpc) is 2.39. The van der Waals surface area contributed by atoms with Crippen LogP contribution in [0, 0.1) is 0 Å². The maximum Gasteiger partial charge on any atom is 0.134 e. The molecule has 0 saturated carbocycles. The highest BCUT2D eigenvalue weighted by Crippen LogP contribution is 2.36. The van der Waals surface area contributed by atoms with Crippen LogP contribution in [0.25, 0.3) is 21.5 Å². The van der Waals surface area contributed by atoms with Gasteiger partial charge in [-0.05, 0) is 35.9 Å². The molecule has 0 bridgehead atoms. The molecule has 0 aliphatic carbocycles. The smallest absolute Gasteiger partial charge is 0.134 e. The van der Waals surface area contributed by atoms with Crippen LogP contribution >= 0.6 is 15.9 Å². The number of fused-ring (bicyclic) bond motifs is 2. The van der Waals surface area contributed by atoms with Gasteiger partial charge < -0.3 is 4.74 Å². The predicted molar refractivity (Wildman–Crippen MR) is 80.3 cm³/mol. The Morgan fingerprint density at radius 3 is 2.56 bits per heavy atom. The number of hydrogen-bond donors (Lipinski definition) is 0. The van der Waals surface area contributed by atoms with E-state index < -0.39 is 0 Å². The van der Waals surface area contributed by atoms with Crippen molar-refractivity contribution in [1.29, 1.82) is 0 Å². The Balaban J connectivity index is 2.46. The van der Waals surface area contributed by atoms with Crippen molar-refractivity contribution in [3.63, 3.8) is 0 Å². The molecule has 0 N–H and O–H groups in total. The van der Waals surface area contributed by atoms with Gasteiger partial charge in [-0.15, -0.1) is 0 Å². The van der Waals surface area contributed by atoms with Gasteiger partial charge in [0.15, 0.2) is 0 Å².